The van der Waals surface area contributed by atoms with Gasteiger partial charge in [-0.15, -0.1) is 0 Å². The van der Waals surface area contributed by atoms with Gasteiger partial charge in [-0.3, -0.25) is 14.4 Å². The van der Waals surface area contributed by atoms with Crippen LogP contribution in [-0.4, -0.2) is 92.7 Å². The third-order valence-electron chi connectivity index (χ3n) is 7.75. The zero-order valence-corrected chi connectivity index (χ0v) is 29.7. The quantitative estimate of drug-likeness (QED) is 0.0299. The molecule has 0 bridgehead atoms. The molecule has 0 aliphatic rings. The highest BCUT2D eigenvalue weighted by Crippen LogP contribution is 2.16. The van der Waals surface area contributed by atoms with Crippen LogP contribution in [0.5, 0.6) is 0 Å². The van der Waals surface area contributed by atoms with Crippen molar-refractivity contribution >= 4 is 23.9 Å². The molecule has 0 aromatic heterocycles. The summed E-state index contributed by atoms with van der Waals surface area (Å²) in [6.07, 6.45) is 18.7. The summed E-state index contributed by atoms with van der Waals surface area (Å²) < 4.78 is 21.3. The zero-order valence-electron chi connectivity index (χ0n) is 29.7. The lowest BCUT2D eigenvalue weighted by atomic mass is 10.0. The Bertz CT molecular complexity index is 843. The lowest BCUT2D eigenvalue weighted by molar-refractivity contribution is -0.883. The first kappa shape index (κ1) is 43.5. The van der Waals surface area contributed by atoms with Crippen molar-refractivity contribution in [2.45, 2.75) is 149 Å². The molecule has 268 valence electrons. The van der Waals surface area contributed by atoms with Crippen LogP contribution in [0.1, 0.15) is 136 Å². The first-order valence-corrected chi connectivity index (χ1v) is 17.8. The second kappa shape index (κ2) is 28.7. The van der Waals surface area contributed by atoms with Crippen molar-refractivity contribution in [2.75, 3.05) is 47.0 Å². The second-order valence-electron chi connectivity index (χ2n) is 12.9. The van der Waals surface area contributed by atoms with Gasteiger partial charge < -0.3 is 28.5 Å². The van der Waals surface area contributed by atoms with Crippen LogP contribution >= 0.6 is 0 Å². The van der Waals surface area contributed by atoms with E-state index in [-0.39, 0.29) is 50.2 Å². The number of nitrogens with zero attached hydrogens (tertiary/aromatic N) is 1. The molecule has 10 nitrogen and oxygen atoms in total. The van der Waals surface area contributed by atoms with Gasteiger partial charge in [0.15, 0.2) is 6.54 Å². The lowest BCUT2D eigenvalue weighted by Gasteiger charge is -2.30. The summed E-state index contributed by atoms with van der Waals surface area (Å²) in [6.45, 7) is 6.69. The fraction of sp³-hybridized carbons (Fsp3) is 0.833. The monoisotopic (exact) mass is 656 g/mol. The normalized spacial score (nSPS) is 12.9. The van der Waals surface area contributed by atoms with Crippen LogP contribution in [0.2, 0.25) is 0 Å². The van der Waals surface area contributed by atoms with Gasteiger partial charge in [-0.25, -0.2) is 4.79 Å². The number of aliphatic hydroxyl groups is 1. The fourth-order valence-electron chi connectivity index (χ4n) is 4.89. The van der Waals surface area contributed by atoms with E-state index in [9.17, 15) is 24.3 Å². The first-order valence-electron chi connectivity index (χ1n) is 17.8. The molecule has 0 rings (SSSR count). The summed E-state index contributed by atoms with van der Waals surface area (Å²) in [6, 6.07) is 0. The first-order chi connectivity index (χ1) is 22.0. The standard InChI is InChI=1S/C36H66NO9/c1-6-8-10-15-20-24-34(40)44-27-26-37(4,5)30-36(42)46-33(23-18-9-7-2)32(39)22-19-16-13-11-12-14-17-21-25-35(41)45-29-28-43-31(3)38/h16,19,32-33,39H,6-15,17-18,20-30H2,1-5H3/q+1/b19-16-. The number of esters is 4. The zero-order chi connectivity index (χ0) is 34.5. The van der Waals surface area contributed by atoms with Crippen molar-refractivity contribution in [3.63, 3.8) is 0 Å². The number of hydrogen-bond acceptors (Lipinski definition) is 9. The Morgan fingerprint density at radius 2 is 1.22 bits per heavy atom. The van der Waals surface area contributed by atoms with Crippen LogP contribution in [0.15, 0.2) is 12.2 Å². The Balaban J connectivity index is 4.32. The van der Waals surface area contributed by atoms with Crippen LogP contribution < -0.4 is 0 Å². The largest absolute Gasteiger partial charge is 0.462 e. The molecular weight excluding hydrogens is 590 g/mol. The number of rotatable bonds is 30. The molecule has 0 radical (unpaired) electrons. The van der Waals surface area contributed by atoms with Gasteiger partial charge in [0.2, 0.25) is 0 Å². The predicted molar refractivity (Wildman–Crippen MR) is 180 cm³/mol. The van der Waals surface area contributed by atoms with Gasteiger partial charge in [-0.2, -0.15) is 0 Å². The third kappa shape index (κ3) is 27.8. The fourth-order valence-corrected chi connectivity index (χ4v) is 4.89. The molecule has 0 amide bonds. The van der Waals surface area contributed by atoms with Crippen LogP contribution in [0, 0.1) is 0 Å². The van der Waals surface area contributed by atoms with E-state index < -0.39 is 12.2 Å². The van der Waals surface area contributed by atoms with Crippen LogP contribution in [0.3, 0.4) is 0 Å². The van der Waals surface area contributed by atoms with Crippen molar-refractivity contribution in [3.05, 3.63) is 12.2 Å². The highest BCUT2D eigenvalue weighted by molar-refractivity contribution is 5.71. The summed E-state index contributed by atoms with van der Waals surface area (Å²) in [5, 5.41) is 10.9. The van der Waals surface area contributed by atoms with Crippen LogP contribution in [0.25, 0.3) is 0 Å². The Kier molecular flexibility index (Phi) is 27.2. The molecular formula is C36H66NO9+. The number of aliphatic hydroxyl groups excluding tert-OH is 1. The molecule has 0 saturated heterocycles. The SMILES string of the molecule is CCCCCCCC(=O)OCC[N+](C)(C)CC(=O)OC(CCCCC)C(O)C/C=C\CCCCCCCC(=O)OCCOC(C)=O. The molecule has 0 aliphatic heterocycles. The molecule has 10 heteroatoms. The summed E-state index contributed by atoms with van der Waals surface area (Å²) in [4.78, 5) is 47.2. The molecule has 0 fully saturated rings. The van der Waals surface area contributed by atoms with Crippen molar-refractivity contribution in [3.8, 4) is 0 Å². The number of quaternary nitrogens is 1. The minimum Gasteiger partial charge on any atom is -0.462 e. The number of hydrogen-bond donors (Lipinski definition) is 1. The molecule has 2 unspecified atom stereocenters. The van der Waals surface area contributed by atoms with E-state index in [1.807, 2.05) is 20.2 Å². The average molecular weight is 657 g/mol. The number of carbonyl (C=O) groups is 4. The number of unbranched alkanes of at least 4 members (excludes halogenated alkanes) is 11. The Morgan fingerprint density at radius 1 is 0.674 bits per heavy atom. The molecule has 1 N–H and O–H groups in total. The van der Waals surface area contributed by atoms with Gasteiger partial charge in [0.05, 0.1) is 20.2 Å². The smallest absolute Gasteiger partial charge is 0.362 e. The highest BCUT2D eigenvalue weighted by atomic mass is 16.6. The number of ether oxygens (including phenoxy) is 4. The molecule has 2 atom stereocenters. The van der Waals surface area contributed by atoms with E-state index in [4.69, 9.17) is 18.9 Å². The highest BCUT2D eigenvalue weighted by Gasteiger charge is 2.27. The van der Waals surface area contributed by atoms with E-state index in [0.29, 0.717) is 36.7 Å². The third-order valence-corrected chi connectivity index (χ3v) is 7.75. The predicted octanol–water partition coefficient (Wildman–Crippen LogP) is 6.60. The molecule has 0 aliphatic carbocycles. The molecule has 46 heavy (non-hydrogen) atoms. The minimum absolute atomic E-state index is 0.0918. The Morgan fingerprint density at radius 3 is 1.85 bits per heavy atom. The van der Waals surface area contributed by atoms with E-state index >= 15 is 0 Å². The summed E-state index contributed by atoms with van der Waals surface area (Å²) >= 11 is 0. The molecule has 0 saturated carbocycles. The summed E-state index contributed by atoms with van der Waals surface area (Å²) in [5.41, 5.74) is 0. The van der Waals surface area contributed by atoms with Crippen molar-refractivity contribution < 1.29 is 47.7 Å². The van der Waals surface area contributed by atoms with E-state index in [0.717, 1.165) is 77.0 Å². The van der Waals surface area contributed by atoms with Gasteiger partial charge in [-0.1, -0.05) is 83.8 Å². The second-order valence-corrected chi connectivity index (χ2v) is 12.9. The van der Waals surface area contributed by atoms with E-state index in [1.54, 1.807) is 0 Å². The lowest BCUT2D eigenvalue weighted by Crippen LogP contribution is -2.48. The summed E-state index contributed by atoms with van der Waals surface area (Å²) in [5.74, 6) is -1.19. The number of allylic oxidation sites excluding steroid dienone is 1. The van der Waals surface area contributed by atoms with Gasteiger partial charge in [-0.05, 0) is 44.9 Å². The van der Waals surface area contributed by atoms with Gasteiger partial charge >= 0.3 is 23.9 Å². The number of carbonyl (C=O) groups excluding carboxylic acids is 4. The van der Waals surface area contributed by atoms with Gasteiger partial charge in [0.25, 0.3) is 0 Å². The van der Waals surface area contributed by atoms with Crippen molar-refractivity contribution in [1.29, 1.82) is 0 Å². The number of likely N-dealkylation sites (N-methyl/N-ethyl adjacent to an activating group) is 1. The molecule has 0 heterocycles. The average Bonchev–Trinajstić information content (AvgIpc) is 2.99. The minimum atomic E-state index is -0.764. The maximum Gasteiger partial charge on any atom is 0.362 e. The van der Waals surface area contributed by atoms with Crippen molar-refractivity contribution in [1.82, 2.24) is 0 Å². The van der Waals surface area contributed by atoms with Crippen molar-refractivity contribution in [2.24, 2.45) is 0 Å². The van der Waals surface area contributed by atoms with Gasteiger partial charge in [0.1, 0.15) is 32.5 Å². The Hall–Kier alpha value is -2.46. The van der Waals surface area contributed by atoms with Crippen LogP contribution in [-0.2, 0) is 38.1 Å². The van der Waals surface area contributed by atoms with Crippen LogP contribution in [0.4, 0.5) is 0 Å². The maximum atomic E-state index is 12.9. The van der Waals surface area contributed by atoms with Gasteiger partial charge in [0, 0.05) is 19.8 Å². The maximum absolute atomic E-state index is 12.9. The topological polar surface area (TPSA) is 125 Å². The van der Waals surface area contributed by atoms with E-state index in [1.165, 1.54) is 19.8 Å². The Labute approximate surface area is 279 Å². The van der Waals surface area contributed by atoms with E-state index in [2.05, 4.69) is 19.9 Å². The summed E-state index contributed by atoms with van der Waals surface area (Å²) in [7, 11) is 3.82. The molecule has 0 spiro atoms. The molecule has 0 aromatic carbocycles. The molecule has 0 aromatic rings.